The van der Waals surface area contributed by atoms with Crippen molar-refractivity contribution < 1.29 is 4.74 Å². The van der Waals surface area contributed by atoms with Crippen molar-refractivity contribution in [3.05, 3.63) is 55.1 Å². The molecule has 0 spiro atoms. The minimum absolute atomic E-state index is 0.768. The SMILES string of the molecule is COc1ccc(-c2nc3ccccc3s2)cc1-n1cnnc1. The number of nitrogens with zero attached hydrogens (tertiary/aromatic N) is 4. The molecule has 2 aromatic carbocycles. The maximum Gasteiger partial charge on any atom is 0.142 e. The van der Waals surface area contributed by atoms with Crippen molar-refractivity contribution in [2.75, 3.05) is 7.11 Å². The van der Waals surface area contributed by atoms with Gasteiger partial charge in [0.05, 0.1) is 23.0 Å². The molecule has 6 heteroatoms. The molecule has 0 bridgehead atoms. The number of aromatic nitrogens is 4. The molecule has 4 aromatic rings. The fourth-order valence-electron chi connectivity index (χ4n) is 2.35. The van der Waals surface area contributed by atoms with Crippen LogP contribution in [0.3, 0.4) is 0 Å². The number of benzene rings is 2. The second-order valence-corrected chi connectivity index (χ2v) is 5.77. The third-order valence-electron chi connectivity index (χ3n) is 3.42. The first kappa shape index (κ1) is 13.0. The van der Waals surface area contributed by atoms with Crippen molar-refractivity contribution in [3.63, 3.8) is 0 Å². The third kappa shape index (κ3) is 2.14. The fourth-order valence-corrected chi connectivity index (χ4v) is 3.31. The lowest BCUT2D eigenvalue weighted by Crippen LogP contribution is -1.96. The Morgan fingerprint density at radius 3 is 2.64 bits per heavy atom. The molecular weight excluding hydrogens is 296 g/mol. The van der Waals surface area contributed by atoms with Gasteiger partial charge in [-0.05, 0) is 30.3 Å². The summed E-state index contributed by atoms with van der Waals surface area (Å²) in [5, 5.41) is 8.70. The monoisotopic (exact) mass is 308 g/mol. The Balaban J connectivity index is 1.87. The summed E-state index contributed by atoms with van der Waals surface area (Å²) in [7, 11) is 1.65. The van der Waals surface area contributed by atoms with Gasteiger partial charge in [0, 0.05) is 5.56 Å². The average molecular weight is 308 g/mol. The van der Waals surface area contributed by atoms with E-state index in [0.29, 0.717) is 0 Å². The molecule has 0 aliphatic rings. The molecule has 4 rings (SSSR count). The van der Waals surface area contributed by atoms with Crippen LogP contribution in [0.1, 0.15) is 0 Å². The second kappa shape index (κ2) is 5.23. The normalized spacial score (nSPS) is 11.0. The molecule has 0 N–H and O–H groups in total. The van der Waals surface area contributed by atoms with Crippen LogP contribution in [0.25, 0.3) is 26.5 Å². The number of fused-ring (bicyclic) bond motifs is 1. The zero-order chi connectivity index (χ0) is 14.9. The van der Waals surface area contributed by atoms with Crippen molar-refractivity contribution >= 4 is 21.6 Å². The number of methoxy groups -OCH3 is 1. The predicted molar refractivity (Wildman–Crippen MR) is 86.5 cm³/mol. The molecule has 0 aliphatic carbocycles. The van der Waals surface area contributed by atoms with E-state index in [4.69, 9.17) is 9.72 Å². The predicted octanol–water partition coefficient (Wildman–Crippen LogP) is 3.55. The van der Waals surface area contributed by atoms with Gasteiger partial charge >= 0.3 is 0 Å². The fraction of sp³-hybridized carbons (Fsp3) is 0.0625. The van der Waals surface area contributed by atoms with E-state index in [0.717, 1.165) is 27.5 Å². The van der Waals surface area contributed by atoms with Gasteiger partial charge in [-0.1, -0.05) is 12.1 Å². The van der Waals surface area contributed by atoms with Crippen LogP contribution in [0.5, 0.6) is 5.75 Å². The lowest BCUT2D eigenvalue weighted by molar-refractivity contribution is 0.413. The van der Waals surface area contributed by atoms with Crippen LogP contribution < -0.4 is 4.74 Å². The lowest BCUT2D eigenvalue weighted by atomic mass is 10.2. The lowest BCUT2D eigenvalue weighted by Gasteiger charge is -2.09. The van der Waals surface area contributed by atoms with E-state index in [1.54, 1.807) is 31.1 Å². The van der Waals surface area contributed by atoms with Gasteiger partial charge in [0.15, 0.2) is 0 Å². The molecule has 0 aliphatic heterocycles. The van der Waals surface area contributed by atoms with Gasteiger partial charge in [0.1, 0.15) is 23.4 Å². The molecular formula is C16H12N4OS. The Kier molecular flexibility index (Phi) is 3.08. The summed E-state index contributed by atoms with van der Waals surface area (Å²) in [6.45, 7) is 0. The van der Waals surface area contributed by atoms with Crippen molar-refractivity contribution in [3.8, 4) is 22.0 Å². The summed E-state index contributed by atoms with van der Waals surface area (Å²) >= 11 is 1.68. The van der Waals surface area contributed by atoms with Crippen molar-refractivity contribution in [1.29, 1.82) is 0 Å². The number of hydrogen-bond donors (Lipinski definition) is 0. The van der Waals surface area contributed by atoms with E-state index in [2.05, 4.69) is 16.3 Å². The molecule has 0 saturated heterocycles. The Labute approximate surface area is 130 Å². The summed E-state index contributed by atoms with van der Waals surface area (Å²) in [6.07, 6.45) is 3.31. The number of para-hydroxylation sites is 1. The van der Waals surface area contributed by atoms with Crippen molar-refractivity contribution in [1.82, 2.24) is 19.7 Å². The minimum Gasteiger partial charge on any atom is -0.495 e. The smallest absolute Gasteiger partial charge is 0.142 e. The molecule has 22 heavy (non-hydrogen) atoms. The van der Waals surface area contributed by atoms with Gasteiger partial charge < -0.3 is 4.74 Å². The summed E-state index contributed by atoms with van der Waals surface area (Å²) in [5.41, 5.74) is 2.96. The van der Waals surface area contributed by atoms with Gasteiger partial charge in [0.2, 0.25) is 0 Å². The van der Waals surface area contributed by atoms with E-state index in [1.165, 1.54) is 4.70 Å². The van der Waals surface area contributed by atoms with Crippen LogP contribution in [-0.2, 0) is 0 Å². The first-order valence-electron chi connectivity index (χ1n) is 6.74. The molecule has 0 radical (unpaired) electrons. The van der Waals surface area contributed by atoms with Gasteiger partial charge in [-0.2, -0.15) is 0 Å². The van der Waals surface area contributed by atoms with Gasteiger partial charge in [-0.3, -0.25) is 4.57 Å². The highest BCUT2D eigenvalue weighted by atomic mass is 32.1. The number of rotatable bonds is 3. The van der Waals surface area contributed by atoms with Crippen molar-refractivity contribution in [2.45, 2.75) is 0 Å². The first-order valence-corrected chi connectivity index (χ1v) is 7.56. The maximum atomic E-state index is 5.43. The molecule has 108 valence electrons. The molecule has 5 nitrogen and oxygen atoms in total. The highest BCUT2D eigenvalue weighted by Crippen LogP contribution is 2.33. The largest absolute Gasteiger partial charge is 0.495 e. The van der Waals surface area contributed by atoms with E-state index in [1.807, 2.05) is 41.0 Å². The highest BCUT2D eigenvalue weighted by Gasteiger charge is 2.11. The zero-order valence-corrected chi connectivity index (χ0v) is 12.6. The average Bonchev–Trinajstić information content (AvgIpc) is 3.23. The Bertz CT molecular complexity index is 897. The van der Waals surface area contributed by atoms with Gasteiger partial charge in [-0.15, -0.1) is 21.5 Å². The Morgan fingerprint density at radius 1 is 1.05 bits per heavy atom. The van der Waals surface area contributed by atoms with E-state index >= 15 is 0 Å². The summed E-state index contributed by atoms with van der Waals surface area (Å²) < 4.78 is 8.43. The van der Waals surface area contributed by atoms with E-state index < -0.39 is 0 Å². The van der Waals surface area contributed by atoms with E-state index in [9.17, 15) is 0 Å². The highest BCUT2D eigenvalue weighted by molar-refractivity contribution is 7.21. The molecule has 2 aromatic heterocycles. The molecule has 0 amide bonds. The summed E-state index contributed by atoms with van der Waals surface area (Å²) in [6, 6.07) is 14.1. The molecule has 0 saturated carbocycles. The number of thiazole rings is 1. The minimum atomic E-state index is 0.768. The Morgan fingerprint density at radius 2 is 1.86 bits per heavy atom. The quantitative estimate of drug-likeness (QED) is 0.581. The number of hydrogen-bond acceptors (Lipinski definition) is 5. The third-order valence-corrected chi connectivity index (χ3v) is 4.50. The van der Waals surface area contributed by atoms with Crippen LogP contribution >= 0.6 is 11.3 Å². The molecule has 0 unspecified atom stereocenters. The van der Waals surface area contributed by atoms with Gasteiger partial charge in [0.25, 0.3) is 0 Å². The molecule has 0 atom stereocenters. The standard InChI is InChI=1S/C16H12N4OS/c1-21-14-7-6-11(8-13(14)20-9-17-18-10-20)16-19-12-4-2-3-5-15(12)22-16/h2-10H,1H3. The topological polar surface area (TPSA) is 52.8 Å². The summed E-state index contributed by atoms with van der Waals surface area (Å²) in [4.78, 5) is 4.70. The molecule has 0 fully saturated rings. The number of ether oxygens (including phenoxy) is 1. The maximum absolute atomic E-state index is 5.43. The van der Waals surface area contributed by atoms with Crippen LogP contribution in [-0.4, -0.2) is 26.9 Å². The van der Waals surface area contributed by atoms with Crippen LogP contribution in [0, 0.1) is 0 Å². The Hall–Kier alpha value is -2.73. The zero-order valence-electron chi connectivity index (χ0n) is 11.8. The molecule has 2 heterocycles. The van der Waals surface area contributed by atoms with Crippen LogP contribution in [0.15, 0.2) is 55.1 Å². The van der Waals surface area contributed by atoms with Crippen LogP contribution in [0.2, 0.25) is 0 Å². The van der Waals surface area contributed by atoms with Crippen molar-refractivity contribution in [2.24, 2.45) is 0 Å². The van der Waals surface area contributed by atoms with E-state index in [-0.39, 0.29) is 0 Å². The van der Waals surface area contributed by atoms with Crippen LogP contribution in [0.4, 0.5) is 0 Å². The second-order valence-electron chi connectivity index (χ2n) is 4.74. The van der Waals surface area contributed by atoms with Gasteiger partial charge in [-0.25, -0.2) is 4.98 Å². The first-order chi connectivity index (χ1) is 10.8. The summed E-state index contributed by atoms with van der Waals surface area (Å²) in [5.74, 6) is 0.768.